The Labute approximate surface area is 95.0 Å². The summed E-state index contributed by atoms with van der Waals surface area (Å²) in [6.45, 7) is 8.47. The van der Waals surface area contributed by atoms with Crippen molar-refractivity contribution in [2.75, 3.05) is 0 Å². The molecule has 0 heterocycles. The Morgan fingerprint density at radius 1 is 1.13 bits per heavy atom. The summed E-state index contributed by atoms with van der Waals surface area (Å²) in [6.07, 6.45) is 6.85. The molecule has 0 saturated heterocycles. The lowest BCUT2D eigenvalue weighted by Gasteiger charge is -1.99. The molecule has 0 aliphatic carbocycles. The van der Waals surface area contributed by atoms with E-state index < -0.39 is 0 Å². The zero-order valence-corrected chi connectivity index (χ0v) is 10.5. The van der Waals surface area contributed by atoms with Crippen LogP contribution in [0.4, 0.5) is 0 Å². The van der Waals surface area contributed by atoms with Crippen LogP contribution >= 0.6 is 0 Å². The molecule has 0 heteroatoms. The largest absolute Gasteiger partial charge is 0.0854 e. The summed E-state index contributed by atoms with van der Waals surface area (Å²) in [4.78, 5) is 0. The molecule has 0 aliphatic rings. The van der Waals surface area contributed by atoms with Crippen LogP contribution in [0.15, 0.2) is 42.5 Å². The summed E-state index contributed by atoms with van der Waals surface area (Å²) >= 11 is 0. The van der Waals surface area contributed by atoms with Gasteiger partial charge in [-0.3, -0.25) is 0 Å². The fourth-order valence-corrected chi connectivity index (χ4v) is 1.19. The molecule has 0 radical (unpaired) electrons. The van der Waals surface area contributed by atoms with Crippen LogP contribution in [-0.2, 0) is 6.42 Å². The minimum atomic E-state index is 0.712. The first-order valence-electron chi connectivity index (χ1n) is 6.03. The van der Waals surface area contributed by atoms with E-state index in [4.69, 9.17) is 0 Å². The van der Waals surface area contributed by atoms with Gasteiger partial charge in [0.2, 0.25) is 0 Å². The molecule has 1 atom stereocenters. The molecule has 84 valence electrons. The number of hydrogen-bond donors (Lipinski definition) is 0. The third-order valence-electron chi connectivity index (χ3n) is 2.30. The number of hydrogen-bond acceptors (Lipinski definition) is 0. The quantitative estimate of drug-likeness (QED) is 0.614. The molecule has 1 aromatic carbocycles. The van der Waals surface area contributed by atoms with E-state index in [2.05, 4.69) is 56.3 Å². The van der Waals surface area contributed by atoms with Crippen LogP contribution in [0.3, 0.4) is 0 Å². The highest BCUT2D eigenvalue weighted by Crippen LogP contribution is 2.05. The van der Waals surface area contributed by atoms with Crippen LogP contribution in [0, 0.1) is 5.92 Å². The maximum Gasteiger partial charge on any atom is -0.00974 e. The maximum absolute atomic E-state index is 2.30. The van der Waals surface area contributed by atoms with Gasteiger partial charge in [-0.25, -0.2) is 0 Å². The summed E-state index contributed by atoms with van der Waals surface area (Å²) in [7, 11) is 0. The van der Waals surface area contributed by atoms with Crippen LogP contribution in [0.5, 0.6) is 0 Å². The smallest absolute Gasteiger partial charge is 0.00974 e. The van der Waals surface area contributed by atoms with Gasteiger partial charge >= 0.3 is 0 Å². The van der Waals surface area contributed by atoms with E-state index in [1.54, 1.807) is 0 Å². The third kappa shape index (κ3) is 6.96. The second kappa shape index (κ2) is 9.51. The molecule has 0 aromatic heterocycles. The van der Waals surface area contributed by atoms with Crippen molar-refractivity contribution in [1.29, 1.82) is 0 Å². The van der Waals surface area contributed by atoms with Crippen molar-refractivity contribution in [2.45, 2.75) is 40.5 Å². The van der Waals surface area contributed by atoms with Crippen molar-refractivity contribution in [3.63, 3.8) is 0 Å². The van der Waals surface area contributed by atoms with Crippen LogP contribution in [0.1, 0.15) is 39.7 Å². The Morgan fingerprint density at radius 2 is 1.73 bits per heavy atom. The molecule has 0 aliphatic heterocycles. The predicted octanol–water partition coefficient (Wildman–Crippen LogP) is 4.86. The monoisotopic (exact) mass is 204 g/mol. The van der Waals surface area contributed by atoms with Crippen molar-refractivity contribution < 1.29 is 0 Å². The summed E-state index contributed by atoms with van der Waals surface area (Å²) in [5, 5.41) is 0. The van der Waals surface area contributed by atoms with E-state index in [9.17, 15) is 0 Å². The van der Waals surface area contributed by atoms with Crippen LogP contribution < -0.4 is 0 Å². The zero-order chi connectivity index (χ0) is 11.5. The van der Waals surface area contributed by atoms with Gasteiger partial charge in [0.25, 0.3) is 0 Å². The predicted molar refractivity (Wildman–Crippen MR) is 70.1 cm³/mol. The van der Waals surface area contributed by atoms with Crippen LogP contribution in [-0.4, -0.2) is 0 Å². The van der Waals surface area contributed by atoms with Crippen molar-refractivity contribution in [1.82, 2.24) is 0 Å². The summed E-state index contributed by atoms with van der Waals surface area (Å²) < 4.78 is 0. The van der Waals surface area contributed by atoms with Crippen molar-refractivity contribution in [3.8, 4) is 0 Å². The van der Waals surface area contributed by atoms with Gasteiger partial charge in [-0.2, -0.15) is 0 Å². The van der Waals surface area contributed by atoms with E-state index >= 15 is 0 Å². The van der Waals surface area contributed by atoms with Gasteiger partial charge in [-0.05, 0) is 17.9 Å². The molecule has 0 amide bonds. The highest BCUT2D eigenvalue weighted by Gasteiger charge is 1.90. The summed E-state index contributed by atoms with van der Waals surface area (Å²) in [6, 6.07) is 10.6. The Hall–Kier alpha value is -1.04. The van der Waals surface area contributed by atoms with Crippen molar-refractivity contribution >= 4 is 0 Å². The molecule has 1 rings (SSSR count). The van der Waals surface area contributed by atoms with Gasteiger partial charge in [-0.1, -0.05) is 76.6 Å². The van der Waals surface area contributed by atoms with Gasteiger partial charge in [0, 0.05) is 0 Å². The SMILES string of the molecule is CC.CCC(C)/C=C\Cc1ccccc1. The van der Waals surface area contributed by atoms with Crippen molar-refractivity contribution in [2.24, 2.45) is 5.92 Å². The minimum absolute atomic E-state index is 0.712. The molecule has 1 aromatic rings. The average Bonchev–Trinajstić information content (AvgIpc) is 2.33. The topological polar surface area (TPSA) is 0 Å². The highest BCUT2D eigenvalue weighted by molar-refractivity contribution is 5.17. The lowest BCUT2D eigenvalue weighted by atomic mass is 10.1. The molecule has 0 bridgehead atoms. The fourth-order valence-electron chi connectivity index (χ4n) is 1.19. The Bertz CT molecular complexity index is 246. The molecule has 0 fully saturated rings. The van der Waals surface area contributed by atoms with E-state index in [1.807, 2.05) is 13.8 Å². The second-order valence-electron chi connectivity index (χ2n) is 3.50. The molecule has 0 nitrogen and oxygen atoms in total. The minimum Gasteiger partial charge on any atom is -0.0854 e. The molecule has 0 N–H and O–H groups in total. The third-order valence-corrected chi connectivity index (χ3v) is 2.30. The molecular formula is C15H24. The first kappa shape index (κ1) is 14.0. The Kier molecular flexibility index (Phi) is 8.85. The van der Waals surface area contributed by atoms with Crippen LogP contribution in [0.25, 0.3) is 0 Å². The van der Waals surface area contributed by atoms with E-state index in [-0.39, 0.29) is 0 Å². The first-order valence-corrected chi connectivity index (χ1v) is 6.03. The lowest BCUT2D eigenvalue weighted by molar-refractivity contribution is 0.696. The Morgan fingerprint density at radius 3 is 2.27 bits per heavy atom. The number of rotatable bonds is 4. The van der Waals surface area contributed by atoms with E-state index in [1.165, 1.54) is 12.0 Å². The van der Waals surface area contributed by atoms with Gasteiger partial charge in [0.1, 0.15) is 0 Å². The first-order chi connectivity index (χ1) is 7.33. The summed E-state index contributed by atoms with van der Waals surface area (Å²) in [5.41, 5.74) is 1.39. The zero-order valence-electron chi connectivity index (χ0n) is 10.5. The van der Waals surface area contributed by atoms with Gasteiger partial charge in [0.15, 0.2) is 0 Å². The molecular weight excluding hydrogens is 180 g/mol. The van der Waals surface area contributed by atoms with Crippen molar-refractivity contribution in [3.05, 3.63) is 48.0 Å². The molecule has 0 saturated carbocycles. The van der Waals surface area contributed by atoms with E-state index in [0.29, 0.717) is 5.92 Å². The average molecular weight is 204 g/mol. The summed E-state index contributed by atoms with van der Waals surface area (Å²) in [5.74, 6) is 0.712. The standard InChI is InChI=1S/C13H18.C2H6/c1-3-12(2)8-7-11-13-9-5-4-6-10-13;1-2/h4-10,12H,3,11H2,1-2H3;1-2H3/b8-7-;. The number of allylic oxidation sites excluding steroid dienone is 2. The van der Waals surface area contributed by atoms with Gasteiger partial charge in [0.05, 0.1) is 0 Å². The van der Waals surface area contributed by atoms with Gasteiger partial charge in [-0.15, -0.1) is 0 Å². The highest BCUT2D eigenvalue weighted by atomic mass is 14.0. The normalized spacial score (nSPS) is 12.0. The van der Waals surface area contributed by atoms with Gasteiger partial charge < -0.3 is 0 Å². The van der Waals surface area contributed by atoms with Crippen LogP contribution in [0.2, 0.25) is 0 Å². The Balaban J connectivity index is 0.000000921. The second-order valence-corrected chi connectivity index (χ2v) is 3.50. The molecule has 0 spiro atoms. The fraction of sp³-hybridized carbons (Fsp3) is 0.467. The number of benzene rings is 1. The van der Waals surface area contributed by atoms with E-state index in [0.717, 1.165) is 6.42 Å². The lowest BCUT2D eigenvalue weighted by Crippen LogP contribution is -1.85. The maximum atomic E-state index is 2.30. The molecule has 1 unspecified atom stereocenters. The molecule has 15 heavy (non-hydrogen) atoms.